The van der Waals surface area contributed by atoms with Gasteiger partial charge in [0.15, 0.2) is 0 Å². The quantitative estimate of drug-likeness (QED) is 0.778. The van der Waals surface area contributed by atoms with Crippen molar-refractivity contribution in [3.63, 3.8) is 0 Å². The molecule has 70 valence electrons. The molecule has 4 heteroatoms. The predicted molar refractivity (Wildman–Crippen MR) is 54.3 cm³/mol. The van der Waals surface area contributed by atoms with Crippen molar-refractivity contribution in [1.29, 1.82) is 0 Å². The summed E-state index contributed by atoms with van der Waals surface area (Å²) in [5.41, 5.74) is 0.976. The first-order chi connectivity index (χ1) is 6.84. The number of pyridine rings is 1. The second kappa shape index (κ2) is 3.83. The van der Waals surface area contributed by atoms with Crippen LogP contribution in [0.1, 0.15) is 5.69 Å². The van der Waals surface area contributed by atoms with Gasteiger partial charge in [-0.1, -0.05) is 6.07 Å². The first-order valence-corrected chi connectivity index (χ1v) is 4.31. The van der Waals surface area contributed by atoms with E-state index < -0.39 is 0 Å². The first kappa shape index (κ1) is 8.62. The van der Waals surface area contributed by atoms with Crippen LogP contribution < -0.4 is 5.32 Å². The molecule has 2 aromatic heterocycles. The van der Waals surface area contributed by atoms with Gasteiger partial charge in [-0.25, -0.2) is 15.0 Å². The van der Waals surface area contributed by atoms with Crippen molar-refractivity contribution in [3.05, 3.63) is 42.5 Å². The van der Waals surface area contributed by atoms with Gasteiger partial charge in [0.25, 0.3) is 0 Å². The van der Waals surface area contributed by atoms with E-state index >= 15 is 0 Å². The largest absolute Gasteiger partial charge is 0.325 e. The summed E-state index contributed by atoms with van der Waals surface area (Å²) in [5, 5.41) is 3.08. The van der Waals surface area contributed by atoms with Crippen molar-refractivity contribution in [2.24, 2.45) is 0 Å². The highest BCUT2D eigenvalue weighted by molar-refractivity contribution is 5.50. The van der Waals surface area contributed by atoms with Crippen LogP contribution in [-0.2, 0) is 0 Å². The third-order valence-corrected chi connectivity index (χ3v) is 1.73. The molecule has 0 spiro atoms. The van der Waals surface area contributed by atoms with Crippen LogP contribution in [0.15, 0.2) is 36.8 Å². The maximum Gasteiger partial charge on any atom is 0.134 e. The Balaban J connectivity index is 2.19. The van der Waals surface area contributed by atoms with E-state index in [0.717, 1.165) is 17.3 Å². The Kier molecular flexibility index (Phi) is 2.36. The summed E-state index contributed by atoms with van der Waals surface area (Å²) in [6, 6.07) is 7.59. The van der Waals surface area contributed by atoms with Crippen molar-refractivity contribution in [2.45, 2.75) is 6.92 Å². The smallest absolute Gasteiger partial charge is 0.134 e. The molecule has 0 radical (unpaired) electrons. The molecule has 4 nitrogen and oxygen atoms in total. The van der Waals surface area contributed by atoms with Gasteiger partial charge >= 0.3 is 0 Å². The van der Waals surface area contributed by atoms with Crippen molar-refractivity contribution in [3.8, 4) is 0 Å². The van der Waals surface area contributed by atoms with Gasteiger partial charge in [0.1, 0.15) is 18.0 Å². The normalized spacial score (nSPS) is 9.79. The molecule has 2 heterocycles. The Bertz CT molecular complexity index is 413. The second-order valence-corrected chi connectivity index (χ2v) is 2.88. The molecular formula is C10H10N4. The molecule has 0 unspecified atom stereocenters. The number of anilines is 2. The number of hydrogen-bond donors (Lipinski definition) is 1. The van der Waals surface area contributed by atoms with Crippen LogP contribution in [0.25, 0.3) is 0 Å². The maximum atomic E-state index is 4.30. The standard InChI is InChI=1S/C10H10N4/c1-8-3-2-4-10(13-8)14-9-5-6-11-7-12-9/h2-7H,1H3,(H,11,12,13,14). The molecular weight excluding hydrogens is 176 g/mol. The SMILES string of the molecule is Cc1cccc(Nc2ccncn2)n1. The number of nitrogens with zero attached hydrogens (tertiary/aromatic N) is 3. The fourth-order valence-electron chi connectivity index (χ4n) is 1.11. The zero-order chi connectivity index (χ0) is 9.80. The molecule has 1 N–H and O–H groups in total. The molecule has 2 aromatic rings. The first-order valence-electron chi connectivity index (χ1n) is 4.31. The van der Waals surface area contributed by atoms with Crippen LogP contribution in [0.3, 0.4) is 0 Å². The number of rotatable bonds is 2. The Morgan fingerprint density at radius 2 is 2.07 bits per heavy atom. The van der Waals surface area contributed by atoms with E-state index in [0.29, 0.717) is 0 Å². The number of hydrogen-bond acceptors (Lipinski definition) is 4. The van der Waals surface area contributed by atoms with Crippen molar-refractivity contribution in [2.75, 3.05) is 5.32 Å². The second-order valence-electron chi connectivity index (χ2n) is 2.88. The highest BCUT2D eigenvalue weighted by Gasteiger charge is 1.95. The molecule has 0 fully saturated rings. The minimum Gasteiger partial charge on any atom is -0.325 e. The maximum absolute atomic E-state index is 4.30. The fraction of sp³-hybridized carbons (Fsp3) is 0.100. The van der Waals surface area contributed by atoms with E-state index in [2.05, 4.69) is 20.3 Å². The summed E-state index contributed by atoms with van der Waals surface area (Å²) in [5.74, 6) is 1.54. The van der Waals surface area contributed by atoms with Crippen molar-refractivity contribution >= 4 is 11.6 Å². The molecule has 0 aliphatic heterocycles. The minimum atomic E-state index is 0.748. The average molecular weight is 186 g/mol. The number of aromatic nitrogens is 3. The van der Waals surface area contributed by atoms with Gasteiger partial charge in [0.05, 0.1) is 0 Å². The van der Waals surface area contributed by atoms with Crippen LogP contribution >= 0.6 is 0 Å². The third-order valence-electron chi connectivity index (χ3n) is 1.73. The topological polar surface area (TPSA) is 50.7 Å². The fourth-order valence-corrected chi connectivity index (χ4v) is 1.11. The molecule has 0 aliphatic rings. The summed E-state index contributed by atoms with van der Waals surface area (Å²) in [7, 11) is 0. The van der Waals surface area contributed by atoms with Gasteiger partial charge in [-0.05, 0) is 25.1 Å². The number of aryl methyl sites for hydroxylation is 1. The monoisotopic (exact) mass is 186 g/mol. The molecule has 14 heavy (non-hydrogen) atoms. The summed E-state index contributed by atoms with van der Waals surface area (Å²) in [6.45, 7) is 1.95. The van der Waals surface area contributed by atoms with E-state index in [4.69, 9.17) is 0 Å². The average Bonchev–Trinajstić information content (AvgIpc) is 2.19. The van der Waals surface area contributed by atoms with Crippen LogP contribution in [0, 0.1) is 6.92 Å². The lowest BCUT2D eigenvalue weighted by Crippen LogP contribution is -1.96. The van der Waals surface area contributed by atoms with Gasteiger partial charge in [-0.3, -0.25) is 0 Å². The third kappa shape index (κ3) is 2.04. The molecule has 0 amide bonds. The minimum absolute atomic E-state index is 0.748. The van der Waals surface area contributed by atoms with Gasteiger partial charge in [0, 0.05) is 11.9 Å². The van der Waals surface area contributed by atoms with Gasteiger partial charge < -0.3 is 5.32 Å². The van der Waals surface area contributed by atoms with Crippen LogP contribution in [0.5, 0.6) is 0 Å². The molecule has 0 saturated heterocycles. The summed E-state index contributed by atoms with van der Waals surface area (Å²) < 4.78 is 0. The van der Waals surface area contributed by atoms with E-state index in [9.17, 15) is 0 Å². The zero-order valence-electron chi connectivity index (χ0n) is 7.81. The Hall–Kier alpha value is -1.97. The van der Waals surface area contributed by atoms with Crippen molar-refractivity contribution in [1.82, 2.24) is 15.0 Å². The lowest BCUT2D eigenvalue weighted by Gasteiger charge is -2.03. The van der Waals surface area contributed by atoms with Gasteiger partial charge in [0.2, 0.25) is 0 Å². The molecule has 0 aliphatic carbocycles. The van der Waals surface area contributed by atoms with E-state index in [1.807, 2.05) is 25.1 Å². The highest BCUT2D eigenvalue weighted by atomic mass is 15.1. The van der Waals surface area contributed by atoms with Gasteiger partial charge in [-0.15, -0.1) is 0 Å². The molecule has 0 saturated carbocycles. The molecule has 0 bridgehead atoms. The lowest BCUT2D eigenvalue weighted by atomic mass is 10.4. The van der Waals surface area contributed by atoms with Crippen LogP contribution in [-0.4, -0.2) is 15.0 Å². The Morgan fingerprint density at radius 1 is 1.14 bits per heavy atom. The highest BCUT2D eigenvalue weighted by Crippen LogP contribution is 2.10. The van der Waals surface area contributed by atoms with E-state index in [1.54, 1.807) is 12.3 Å². The van der Waals surface area contributed by atoms with Crippen LogP contribution in [0.4, 0.5) is 11.6 Å². The van der Waals surface area contributed by atoms with E-state index in [-0.39, 0.29) is 0 Å². The van der Waals surface area contributed by atoms with Crippen LogP contribution in [0.2, 0.25) is 0 Å². The molecule has 0 aromatic carbocycles. The van der Waals surface area contributed by atoms with Gasteiger partial charge in [-0.2, -0.15) is 0 Å². The summed E-state index contributed by atoms with van der Waals surface area (Å²) in [4.78, 5) is 12.2. The lowest BCUT2D eigenvalue weighted by molar-refractivity contribution is 1.14. The zero-order valence-corrected chi connectivity index (χ0v) is 7.81. The van der Waals surface area contributed by atoms with E-state index in [1.165, 1.54) is 6.33 Å². The predicted octanol–water partition coefficient (Wildman–Crippen LogP) is 1.92. The Labute approximate surface area is 82.1 Å². The van der Waals surface area contributed by atoms with Crippen molar-refractivity contribution < 1.29 is 0 Å². The summed E-state index contributed by atoms with van der Waals surface area (Å²) >= 11 is 0. The molecule has 2 rings (SSSR count). The Morgan fingerprint density at radius 3 is 2.79 bits per heavy atom. The number of nitrogens with one attached hydrogen (secondary N) is 1. The summed E-state index contributed by atoms with van der Waals surface area (Å²) in [6.07, 6.45) is 3.18. The molecule has 0 atom stereocenters.